The minimum atomic E-state index is -1.98. The lowest BCUT2D eigenvalue weighted by Gasteiger charge is -2.26. The van der Waals surface area contributed by atoms with Gasteiger partial charge in [0.05, 0.1) is 11.5 Å². The first-order valence-corrected chi connectivity index (χ1v) is 7.33. The maximum absolute atomic E-state index is 11.9. The first-order valence-electron chi connectivity index (χ1n) is 7.33. The third kappa shape index (κ3) is 2.28. The van der Waals surface area contributed by atoms with E-state index in [0.717, 1.165) is 0 Å². The molecule has 2 aromatic rings. The molecule has 3 heterocycles. The number of aromatic nitrogens is 3. The Hall–Kier alpha value is -2.38. The van der Waals surface area contributed by atoms with Gasteiger partial charge < -0.3 is 30.4 Å². The van der Waals surface area contributed by atoms with Gasteiger partial charge in [-0.1, -0.05) is 5.92 Å². The van der Waals surface area contributed by atoms with Crippen molar-refractivity contribution < 1.29 is 20.1 Å². The molecule has 24 heavy (non-hydrogen) atoms. The van der Waals surface area contributed by atoms with Crippen LogP contribution in [0.2, 0.25) is 0 Å². The van der Waals surface area contributed by atoms with Crippen molar-refractivity contribution in [3.8, 4) is 11.8 Å². The van der Waals surface area contributed by atoms with E-state index < -0.39 is 35.7 Å². The molecule has 2 unspecified atom stereocenters. The molecule has 2 aromatic heterocycles. The second-order valence-corrected chi connectivity index (χ2v) is 5.75. The zero-order valence-corrected chi connectivity index (χ0v) is 13.1. The number of hydrogen-bond acceptors (Lipinski definition) is 7. The van der Waals surface area contributed by atoms with Crippen molar-refractivity contribution in [3.63, 3.8) is 0 Å². The Bertz CT molecular complexity index is 893. The summed E-state index contributed by atoms with van der Waals surface area (Å²) in [5.41, 5.74) is 3.33. The van der Waals surface area contributed by atoms with E-state index >= 15 is 0 Å². The van der Waals surface area contributed by atoms with E-state index in [-0.39, 0.29) is 17.0 Å². The summed E-state index contributed by atoms with van der Waals surface area (Å²) in [6, 6.07) is 1.49. The maximum atomic E-state index is 11.9. The van der Waals surface area contributed by atoms with Crippen LogP contribution in [0, 0.1) is 11.8 Å². The maximum Gasteiger partial charge on any atom is 0.261 e. The average molecular weight is 334 g/mol. The van der Waals surface area contributed by atoms with E-state index in [1.165, 1.54) is 30.7 Å². The summed E-state index contributed by atoms with van der Waals surface area (Å²) in [6.07, 6.45) is -3.25. The fourth-order valence-corrected chi connectivity index (χ4v) is 2.96. The first-order chi connectivity index (χ1) is 11.3. The van der Waals surface area contributed by atoms with Crippen molar-refractivity contribution in [2.24, 2.45) is 0 Å². The fraction of sp³-hybridized carbons (Fsp3) is 0.467. The van der Waals surface area contributed by atoms with Crippen LogP contribution in [0.15, 0.2) is 17.1 Å². The Morgan fingerprint density at radius 2 is 2.29 bits per heavy atom. The molecule has 9 heteroatoms. The Labute approximate surface area is 136 Å². The summed E-state index contributed by atoms with van der Waals surface area (Å²) in [5, 5.41) is 31.3. The second-order valence-electron chi connectivity index (χ2n) is 5.75. The molecular formula is C15H18N4O5. The summed E-state index contributed by atoms with van der Waals surface area (Å²) in [6.45, 7) is 2.94. The molecule has 1 saturated heterocycles. The van der Waals surface area contributed by atoms with E-state index in [2.05, 4.69) is 21.8 Å². The Morgan fingerprint density at radius 1 is 1.58 bits per heavy atom. The number of nitrogens with one attached hydrogen (secondary N) is 1. The van der Waals surface area contributed by atoms with Gasteiger partial charge in [0.15, 0.2) is 17.5 Å². The number of nitrogens with two attached hydrogens (primary N) is 1. The number of nitrogens with zero attached hydrogens (tertiary/aromatic N) is 2. The van der Waals surface area contributed by atoms with Crippen molar-refractivity contribution in [1.29, 1.82) is 0 Å². The van der Waals surface area contributed by atoms with E-state index in [9.17, 15) is 20.1 Å². The molecule has 6 N–H and O–H groups in total. The molecule has 0 bridgehead atoms. The van der Waals surface area contributed by atoms with Crippen LogP contribution in [0.5, 0.6) is 0 Å². The lowest BCUT2D eigenvalue weighted by molar-refractivity contribution is -0.0845. The molecule has 0 radical (unpaired) electrons. The molecule has 1 aliphatic heterocycles. The number of nitrogen functional groups attached to an aromatic ring is 1. The number of hydrogen-bond donors (Lipinski definition) is 5. The summed E-state index contributed by atoms with van der Waals surface area (Å²) < 4.78 is 7.02. The molecule has 1 aliphatic rings. The second kappa shape index (κ2) is 5.61. The van der Waals surface area contributed by atoms with E-state index in [1.54, 1.807) is 0 Å². The highest BCUT2D eigenvalue weighted by Gasteiger charge is 2.57. The quantitative estimate of drug-likeness (QED) is 0.429. The minimum Gasteiger partial charge on any atom is -0.391 e. The number of aromatic amines is 1. The fourth-order valence-electron chi connectivity index (χ4n) is 2.96. The highest BCUT2D eigenvalue weighted by atomic mass is 16.6. The molecule has 0 amide bonds. The van der Waals surface area contributed by atoms with Gasteiger partial charge in [0.1, 0.15) is 12.2 Å². The SMILES string of the molecule is CC#CC1(O)C(O)[C@@H]([C@@H](C)O)O[C@H]1n1ccc2c(=O)[nH]c(N)nc21. The zero-order chi connectivity index (χ0) is 17.6. The molecule has 1 fully saturated rings. The van der Waals surface area contributed by atoms with E-state index in [1.807, 2.05) is 0 Å². The highest BCUT2D eigenvalue weighted by Crippen LogP contribution is 2.40. The minimum absolute atomic E-state index is 0.0943. The van der Waals surface area contributed by atoms with Gasteiger partial charge >= 0.3 is 0 Å². The number of anilines is 1. The van der Waals surface area contributed by atoms with Gasteiger partial charge in [0, 0.05) is 6.20 Å². The van der Waals surface area contributed by atoms with Gasteiger partial charge in [-0.2, -0.15) is 4.98 Å². The summed E-state index contributed by atoms with van der Waals surface area (Å²) in [4.78, 5) is 18.4. The van der Waals surface area contributed by atoms with E-state index in [0.29, 0.717) is 0 Å². The van der Waals surface area contributed by atoms with Crippen molar-refractivity contribution >= 4 is 17.0 Å². The highest BCUT2D eigenvalue weighted by molar-refractivity contribution is 5.76. The smallest absolute Gasteiger partial charge is 0.261 e. The van der Waals surface area contributed by atoms with Crippen molar-refractivity contribution in [2.45, 2.75) is 44.0 Å². The van der Waals surface area contributed by atoms with Crippen LogP contribution in [0.1, 0.15) is 20.1 Å². The first kappa shape index (κ1) is 16.5. The molecule has 9 nitrogen and oxygen atoms in total. The molecule has 0 spiro atoms. The Morgan fingerprint density at radius 3 is 2.92 bits per heavy atom. The van der Waals surface area contributed by atoms with Gasteiger partial charge in [0.25, 0.3) is 5.56 Å². The molecular weight excluding hydrogens is 316 g/mol. The third-order valence-corrected chi connectivity index (χ3v) is 4.08. The molecule has 3 rings (SSSR count). The van der Waals surface area contributed by atoms with Crippen molar-refractivity contribution in [3.05, 3.63) is 22.6 Å². The number of rotatable bonds is 2. The molecule has 128 valence electrons. The van der Waals surface area contributed by atoms with Crippen LogP contribution < -0.4 is 11.3 Å². The van der Waals surface area contributed by atoms with Crippen LogP contribution in [-0.4, -0.2) is 53.8 Å². The standard InChI is InChI=1S/C15H18N4O5/c1-3-5-15(23)10(21)9(7(2)20)24-13(15)19-6-4-8-11(19)17-14(16)18-12(8)22/h4,6-7,9-10,13,20-21,23H,1-2H3,(H3,16,17,18,22)/t7-,9-,10?,13-,15?/m1/s1. The van der Waals surface area contributed by atoms with Crippen molar-refractivity contribution in [2.75, 3.05) is 5.73 Å². The molecule has 0 saturated carbocycles. The van der Waals surface area contributed by atoms with Gasteiger partial charge in [0.2, 0.25) is 5.95 Å². The Balaban J connectivity index is 2.20. The number of H-pyrrole nitrogens is 1. The predicted molar refractivity (Wildman–Crippen MR) is 84.8 cm³/mol. The lowest BCUT2D eigenvalue weighted by atomic mass is 9.93. The topological polar surface area (TPSA) is 147 Å². The van der Waals surface area contributed by atoms with Crippen LogP contribution in [0.4, 0.5) is 5.95 Å². The van der Waals surface area contributed by atoms with Crippen LogP contribution in [0.25, 0.3) is 11.0 Å². The third-order valence-electron chi connectivity index (χ3n) is 4.08. The van der Waals surface area contributed by atoms with Gasteiger partial charge in [-0.05, 0) is 19.9 Å². The van der Waals surface area contributed by atoms with Gasteiger partial charge in [-0.15, -0.1) is 5.92 Å². The van der Waals surface area contributed by atoms with E-state index in [4.69, 9.17) is 10.5 Å². The monoisotopic (exact) mass is 334 g/mol. The summed E-state index contributed by atoms with van der Waals surface area (Å²) >= 11 is 0. The number of aliphatic hydroxyl groups is 3. The normalized spacial score (nSPS) is 31.0. The number of ether oxygens (including phenoxy) is 1. The Kier molecular flexibility index (Phi) is 3.85. The largest absolute Gasteiger partial charge is 0.391 e. The molecule has 5 atom stereocenters. The lowest BCUT2D eigenvalue weighted by Crippen LogP contribution is -2.47. The molecule has 0 aromatic carbocycles. The van der Waals surface area contributed by atoms with Gasteiger partial charge in [-0.25, -0.2) is 0 Å². The summed E-state index contributed by atoms with van der Waals surface area (Å²) in [7, 11) is 0. The van der Waals surface area contributed by atoms with Crippen LogP contribution in [0.3, 0.4) is 0 Å². The predicted octanol–water partition coefficient (Wildman–Crippen LogP) is -1.30. The van der Waals surface area contributed by atoms with Crippen LogP contribution >= 0.6 is 0 Å². The zero-order valence-electron chi connectivity index (χ0n) is 13.1. The summed E-state index contributed by atoms with van der Waals surface area (Å²) in [5.74, 6) is 5.00. The molecule has 0 aliphatic carbocycles. The van der Waals surface area contributed by atoms with Crippen LogP contribution in [-0.2, 0) is 4.74 Å². The van der Waals surface area contributed by atoms with Crippen molar-refractivity contribution in [1.82, 2.24) is 14.5 Å². The number of fused-ring (bicyclic) bond motifs is 1. The average Bonchev–Trinajstić information content (AvgIpc) is 3.00. The van der Waals surface area contributed by atoms with Gasteiger partial charge in [-0.3, -0.25) is 9.78 Å². The number of aliphatic hydroxyl groups excluding tert-OH is 2.